The third-order valence-electron chi connectivity index (χ3n) is 4.68. The van der Waals surface area contributed by atoms with Gasteiger partial charge in [0, 0.05) is 29.3 Å². The van der Waals surface area contributed by atoms with Gasteiger partial charge < -0.3 is 5.32 Å². The second-order valence-corrected chi connectivity index (χ2v) is 6.84. The maximum absolute atomic E-state index is 12.9. The summed E-state index contributed by atoms with van der Waals surface area (Å²) in [4.78, 5) is 21.1. The minimum Gasteiger partial charge on any atom is -0.326 e. The van der Waals surface area contributed by atoms with E-state index in [1.54, 1.807) is 24.4 Å². The Kier molecular flexibility index (Phi) is 4.99. The average molecular weight is 410 g/mol. The maximum atomic E-state index is 12.9. The first-order valence-electron chi connectivity index (χ1n) is 9.17. The van der Waals surface area contributed by atoms with Crippen LogP contribution in [0.5, 0.6) is 0 Å². The Balaban J connectivity index is 1.53. The molecule has 0 bridgehead atoms. The van der Waals surface area contributed by atoms with E-state index in [4.69, 9.17) is 0 Å². The van der Waals surface area contributed by atoms with Crippen molar-refractivity contribution in [2.24, 2.45) is 0 Å². The molecule has 8 heteroatoms. The number of halogens is 3. The zero-order valence-electron chi connectivity index (χ0n) is 15.9. The Morgan fingerprint density at radius 3 is 2.67 bits per heavy atom. The lowest BCUT2D eigenvalue weighted by Gasteiger charge is -2.10. The quantitative estimate of drug-likeness (QED) is 0.520. The van der Waals surface area contributed by atoms with Crippen molar-refractivity contribution in [1.29, 1.82) is 0 Å². The summed E-state index contributed by atoms with van der Waals surface area (Å²) >= 11 is 0. The second kappa shape index (κ2) is 7.62. The van der Waals surface area contributed by atoms with Gasteiger partial charge in [-0.15, -0.1) is 0 Å². The molecule has 4 rings (SSSR count). The fraction of sp³-hybridized carbons (Fsp3) is 0.136. The number of amides is 1. The smallest absolute Gasteiger partial charge is 0.326 e. The molecule has 0 fully saturated rings. The second-order valence-electron chi connectivity index (χ2n) is 6.84. The van der Waals surface area contributed by atoms with Crippen LogP contribution in [-0.2, 0) is 17.4 Å². The molecule has 0 aliphatic heterocycles. The van der Waals surface area contributed by atoms with Crippen molar-refractivity contribution in [2.45, 2.75) is 19.5 Å². The van der Waals surface area contributed by atoms with Gasteiger partial charge >= 0.3 is 6.18 Å². The number of nitrogens with one attached hydrogen (secondary N) is 1. The first-order chi connectivity index (χ1) is 14.3. The van der Waals surface area contributed by atoms with Crippen molar-refractivity contribution in [3.8, 4) is 11.3 Å². The Labute approximate surface area is 170 Å². The molecule has 0 atom stereocenters. The number of anilines is 1. The molecule has 5 nitrogen and oxygen atoms in total. The zero-order chi connectivity index (χ0) is 21.3. The molecule has 152 valence electrons. The van der Waals surface area contributed by atoms with Crippen molar-refractivity contribution in [2.75, 3.05) is 5.32 Å². The van der Waals surface area contributed by atoms with E-state index in [0.29, 0.717) is 17.0 Å². The SMILES string of the molecule is Cc1c(-c2cccc(NC(=O)Cc3cccc(C(F)(F)F)c3)c2)nc2ncccn12. The van der Waals surface area contributed by atoms with Gasteiger partial charge in [-0.05, 0) is 36.8 Å². The molecule has 0 unspecified atom stereocenters. The van der Waals surface area contributed by atoms with E-state index in [-0.39, 0.29) is 6.42 Å². The van der Waals surface area contributed by atoms with E-state index >= 15 is 0 Å². The number of rotatable bonds is 4. The van der Waals surface area contributed by atoms with Gasteiger partial charge in [-0.1, -0.05) is 30.3 Å². The summed E-state index contributed by atoms with van der Waals surface area (Å²) < 4.78 is 40.4. The lowest BCUT2D eigenvalue weighted by atomic mass is 10.1. The molecule has 2 heterocycles. The average Bonchev–Trinajstić information content (AvgIpc) is 3.05. The Hall–Kier alpha value is -3.68. The molecule has 2 aromatic carbocycles. The van der Waals surface area contributed by atoms with Gasteiger partial charge in [0.05, 0.1) is 17.7 Å². The number of alkyl halides is 3. The van der Waals surface area contributed by atoms with E-state index in [1.165, 1.54) is 12.1 Å². The monoisotopic (exact) mass is 410 g/mol. The van der Waals surface area contributed by atoms with Crippen LogP contribution >= 0.6 is 0 Å². The van der Waals surface area contributed by atoms with Crippen molar-refractivity contribution in [3.63, 3.8) is 0 Å². The maximum Gasteiger partial charge on any atom is 0.416 e. The third kappa shape index (κ3) is 4.03. The van der Waals surface area contributed by atoms with Gasteiger partial charge in [0.25, 0.3) is 0 Å². The van der Waals surface area contributed by atoms with Gasteiger partial charge in [0.15, 0.2) is 0 Å². The Morgan fingerprint density at radius 2 is 1.90 bits per heavy atom. The highest BCUT2D eigenvalue weighted by Crippen LogP contribution is 2.30. The molecule has 1 amide bonds. The molecule has 0 aliphatic rings. The fourth-order valence-corrected chi connectivity index (χ4v) is 3.27. The molecule has 0 saturated heterocycles. The minimum absolute atomic E-state index is 0.161. The summed E-state index contributed by atoms with van der Waals surface area (Å²) in [5.41, 5.74) is 2.50. The largest absolute Gasteiger partial charge is 0.416 e. The third-order valence-corrected chi connectivity index (χ3v) is 4.68. The highest BCUT2D eigenvalue weighted by molar-refractivity contribution is 5.93. The van der Waals surface area contributed by atoms with Crippen molar-refractivity contribution < 1.29 is 18.0 Å². The normalized spacial score (nSPS) is 11.6. The number of fused-ring (bicyclic) bond motifs is 1. The molecular formula is C22H17F3N4O. The predicted molar refractivity (Wildman–Crippen MR) is 107 cm³/mol. The highest BCUT2D eigenvalue weighted by atomic mass is 19.4. The molecule has 1 N–H and O–H groups in total. The van der Waals surface area contributed by atoms with Gasteiger partial charge in [0.1, 0.15) is 0 Å². The number of hydrogen-bond donors (Lipinski definition) is 1. The summed E-state index contributed by atoms with van der Waals surface area (Å²) in [5.74, 6) is 0.170. The van der Waals surface area contributed by atoms with Crippen LogP contribution in [0.25, 0.3) is 17.0 Å². The summed E-state index contributed by atoms with van der Waals surface area (Å²) in [6, 6.07) is 13.7. The van der Waals surface area contributed by atoms with Crippen molar-refractivity contribution >= 4 is 17.4 Å². The fourth-order valence-electron chi connectivity index (χ4n) is 3.27. The zero-order valence-corrected chi connectivity index (χ0v) is 15.9. The molecule has 0 spiro atoms. The first-order valence-corrected chi connectivity index (χ1v) is 9.17. The van der Waals surface area contributed by atoms with Gasteiger partial charge in [-0.2, -0.15) is 13.2 Å². The van der Waals surface area contributed by atoms with Gasteiger partial charge in [-0.3, -0.25) is 9.20 Å². The van der Waals surface area contributed by atoms with E-state index in [2.05, 4.69) is 15.3 Å². The number of carbonyl (C=O) groups is 1. The number of nitrogens with zero attached hydrogens (tertiary/aromatic N) is 3. The molecule has 0 aliphatic carbocycles. The first kappa shape index (κ1) is 19.6. The summed E-state index contributed by atoms with van der Waals surface area (Å²) in [6.45, 7) is 1.93. The molecule has 4 aromatic rings. The lowest BCUT2D eigenvalue weighted by molar-refractivity contribution is -0.137. The summed E-state index contributed by atoms with van der Waals surface area (Å²) in [5, 5.41) is 2.74. The molecule has 30 heavy (non-hydrogen) atoms. The molecule has 2 aromatic heterocycles. The molecule has 0 saturated carbocycles. The van der Waals surface area contributed by atoms with Crippen LogP contribution < -0.4 is 5.32 Å². The summed E-state index contributed by atoms with van der Waals surface area (Å²) in [6.07, 6.45) is -1.07. The van der Waals surface area contributed by atoms with E-state index in [9.17, 15) is 18.0 Å². The van der Waals surface area contributed by atoms with E-state index in [0.717, 1.165) is 29.1 Å². The standard InChI is InChI=1S/C22H17F3N4O/c1-14-20(28-21-26-9-4-10-29(14)21)16-6-3-8-18(13-16)27-19(30)12-15-5-2-7-17(11-15)22(23,24)25/h2-11,13H,12H2,1H3,(H,27,30). The van der Waals surface area contributed by atoms with Crippen LogP contribution in [0, 0.1) is 6.92 Å². The van der Waals surface area contributed by atoms with Crippen molar-refractivity contribution in [1.82, 2.24) is 14.4 Å². The predicted octanol–water partition coefficient (Wildman–Crippen LogP) is 4.90. The van der Waals surface area contributed by atoms with Crippen LogP contribution in [0.15, 0.2) is 67.0 Å². The number of imidazole rings is 1. The number of benzene rings is 2. The van der Waals surface area contributed by atoms with Crippen LogP contribution in [-0.4, -0.2) is 20.3 Å². The van der Waals surface area contributed by atoms with Crippen molar-refractivity contribution in [3.05, 3.63) is 83.8 Å². The number of aryl methyl sites for hydroxylation is 1. The number of hydrogen-bond acceptors (Lipinski definition) is 3. The molecular weight excluding hydrogens is 393 g/mol. The van der Waals surface area contributed by atoms with Gasteiger partial charge in [-0.25, -0.2) is 9.97 Å². The van der Waals surface area contributed by atoms with Crippen LogP contribution in [0.4, 0.5) is 18.9 Å². The van der Waals surface area contributed by atoms with Gasteiger partial charge in [0.2, 0.25) is 11.7 Å². The molecule has 0 radical (unpaired) electrons. The Morgan fingerprint density at radius 1 is 1.10 bits per heavy atom. The Bertz CT molecular complexity index is 1230. The lowest BCUT2D eigenvalue weighted by Crippen LogP contribution is -2.15. The highest BCUT2D eigenvalue weighted by Gasteiger charge is 2.30. The number of carbonyl (C=O) groups excluding carboxylic acids is 1. The van der Waals surface area contributed by atoms with E-state index in [1.807, 2.05) is 29.7 Å². The van der Waals surface area contributed by atoms with Crippen LogP contribution in [0.2, 0.25) is 0 Å². The van der Waals surface area contributed by atoms with Crippen LogP contribution in [0.3, 0.4) is 0 Å². The minimum atomic E-state index is -4.44. The topological polar surface area (TPSA) is 59.3 Å². The van der Waals surface area contributed by atoms with E-state index < -0.39 is 17.6 Å². The number of aromatic nitrogens is 3. The summed E-state index contributed by atoms with van der Waals surface area (Å²) in [7, 11) is 0. The van der Waals surface area contributed by atoms with Crippen LogP contribution in [0.1, 0.15) is 16.8 Å².